The van der Waals surface area contributed by atoms with Crippen molar-refractivity contribution >= 4 is 5.91 Å². The molecule has 104 valence electrons. The SMILES string of the molecule is CC(NC(=O)c1ccc(=O)[nH]c1)c1nnc2n1CCC2. The van der Waals surface area contributed by atoms with Gasteiger partial charge in [0.2, 0.25) is 5.56 Å². The number of hydrogen-bond acceptors (Lipinski definition) is 4. The van der Waals surface area contributed by atoms with E-state index in [0.717, 1.165) is 31.0 Å². The molecule has 20 heavy (non-hydrogen) atoms. The molecule has 0 bridgehead atoms. The van der Waals surface area contributed by atoms with Crippen LogP contribution >= 0.6 is 0 Å². The molecule has 1 aliphatic heterocycles. The number of fused-ring (bicyclic) bond motifs is 1. The summed E-state index contributed by atoms with van der Waals surface area (Å²) in [5, 5.41) is 11.1. The van der Waals surface area contributed by atoms with E-state index in [0.29, 0.717) is 5.56 Å². The lowest BCUT2D eigenvalue weighted by Crippen LogP contribution is -2.29. The number of aromatic nitrogens is 4. The third-order valence-electron chi connectivity index (χ3n) is 3.42. The van der Waals surface area contributed by atoms with Crippen LogP contribution in [0.2, 0.25) is 0 Å². The Hall–Kier alpha value is -2.44. The Morgan fingerprint density at radius 2 is 2.30 bits per heavy atom. The van der Waals surface area contributed by atoms with E-state index in [1.165, 1.54) is 18.3 Å². The fourth-order valence-electron chi connectivity index (χ4n) is 2.39. The molecule has 1 amide bonds. The summed E-state index contributed by atoms with van der Waals surface area (Å²) in [5.41, 5.74) is 0.183. The molecule has 1 unspecified atom stereocenters. The van der Waals surface area contributed by atoms with Gasteiger partial charge in [0.1, 0.15) is 5.82 Å². The van der Waals surface area contributed by atoms with E-state index in [-0.39, 0.29) is 17.5 Å². The standard InChI is InChI=1S/C13H15N5O2/c1-8(12-17-16-10-3-2-6-18(10)12)15-13(20)9-4-5-11(19)14-7-9/h4-5,7-8H,2-3,6H2,1H3,(H,14,19)(H,15,20). The number of amides is 1. The largest absolute Gasteiger partial charge is 0.342 e. The molecule has 2 aromatic heterocycles. The Kier molecular flexibility index (Phi) is 3.09. The number of nitrogens with one attached hydrogen (secondary N) is 2. The zero-order valence-corrected chi connectivity index (χ0v) is 11.1. The third kappa shape index (κ3) is 2.22. The van der Waals surface area contributed by atoms with Crippen LogP contribution in [0, 0.1) is 0 Å². The van der Waals surface area contributed by atoms with Crippen molar-refractivity contribution < 1.29 is 4.79 Å². The van der Waals surface area contributed by atoms with Gasteiger partial charge >= 0.3 is 0 Å². The molecule has 2 N–H and O–H groups in total. The number of pyridine rings is 1. The molecule has 7 nitrogen and oxygen atoms in total. The highest BCUT2D eigenvalue weighted by Gasteiger charge is 2.22. The monoisotopic (exact) mass is 273 g/mol. The smallest absolute Gasteiger partial charge is 0.253 e. The number of rotatable bonds is 3. The Morgan fingerprint density at radius 3 is 3.05 bits per heavy atom. The van der Waals surface area contributed by atoms with Gasteiger partial charge in [-0.2, -0.15) is 0 Å². The van der Waals surface area contributed by atoms with Gasteiger partial charge in [-0.3, -0.25) is 9.59 Å². The van der Waals surface area contributed by atoms with Crippen LogP contribution in [0.5, 0.6) is 0 Å². The third-order valence-corrected chi connectivity index (χ3v) is 3.42. The van der Waals surface area contributed by atoms with Crippen molar-refractivity contribution in [2.75, 3.05) is 0 Å². The summed E-state index contributed by atoms with van der Waals surface area (Å²) in [4.78, 5) is 25.5. The number of aryl methyl sites for hydroxylation is 1. The molecule has 7 heteroatoms. The fourth-order valence-corrected chi connectivity index (χ4v) is 2.39. The Morgan fingerprint density at radius 1 is 1.45 bits per heavy atom. The Balaban J connectivity index is 1.75. The normalized spacial score (nSPS) is 14.8. The highest BCUT2D eigenvalue weighted by molar-refractivity contribution is 5.93. The van der Waals surface area contributed by atoms with Crippen LogP contribution < -0.4 is 10.9 Å². The summed E-state index contributed by atoms with van der Waals surface area (Å²) in [6, 6.07) is 2.59. The molecule has 0 fully saturated rings. The van der Waals surface area contributed by atoms with Crippen LogP contribution in [-0.4, -0.2) is 25.7 Å². The van der Waals surface area contributed by atoms with Crippen LogP contribution in [0.4, 0.5) is 0 Å². The van der Waals surface area contributed by atoms with Gasteiger partial charge < -0.3 is 14.9 Å². The number of carbonyl (C=O) groups excluding carboxylic acids is 1. The maximum atomic E-state index is 12.1. The van der Waals surface area contributed by atoms with E-state index in [9.17, 15) is 9.59 Å². The van der Waals surface area contributed by atoms with Crippen molar-refractivity contribution in [3.63, 3.8) is 0 Å². The molecule has 2 aromatic rings. The summed E-state index contributed by atoms with van der Waals surface area (Å²) in [6.07, 6.45) is 3.41. The van der Waals surface area contributed by atoms with Crippen molar-refractivity contribution in [2.24, 2.45) is 0 Å². The van der Waals surface area contributed by atoms with Crippen LogP contribution in [0.1, 0.15) is 41.4 Å². The van der Waals surface area contributed by atoms with Crippen molar-refractivity contribution in [1.82, 2.24) is 25.1 Å². The van der Waals surface area contributed by atoms with Gasteiger partial charge in [-0.05, 0) is 19.4 Å². The molecule has 1 atom stereocenters. The lowest BCUT2D eigenvalue weighted by molar-refractivity contribution is 0.0937. The lowest BCUT2D eigenvalue weighted by Gasteiger charge is -2.13. The average molecular weight is 273 g/mol. The summed E-state index contributed by atoms with van der Waals surface area (Å²) in [7, 11) is 0. The second kappa shape index (κ2) is 4.92. The van der Waals surface area contributed by atoms with Crippen LogP contribution in [0.25, 0.3) is 0 Å². The fraction of sp³-hybridized carbons (Fsp3) is 0.385. The molecule has 0 aliphatic carbocycles. The highest BCUT2D eigenvalue weighted by atomic mass is 16.2. The molecule has 1 aliphatic rings. The zero-order valence-electron chi connectivity index (χ0n) is 11.1. The van der Waals surface area contributed by atoms with Crippen molar-refractivity contribution in [2.45, 2.75) is 32.4 Å². The maximum Gasteiger partial charge on any atom is 0.253 e. The average Bonchev–Trinajstić information content (AvgIpc) is 3.01. The maximum absolute atomic E-state index is 12.1. The zero-order chi connectivity index (χ0) is 14.1. The quantitative estimate of drug-likeness (QED) is 0.846. The van der Waals surface area contributed by atoms with Gasteiger partial charge in [0.05, 0.1) is 11.6 Å². The summed E-state index contributed by atoms with van der Waals surface area (Å²) < 4.78 is 2.05. The minimum Gasteiger partial charge on any atom is -0.342 e. The van der Waals surface area contributed by atoms with Gasteiger partial charge in [-0.15, -0.1) is 10.2 Å². The van der Waals surface area contributed by atoms with E-state index in [2.05, 4.69) is 25.1 Å². The molecule has 0 spiro atoms. The second-order valence-electron chi connectivity index (χ2n) is 4.87. The molecule has 0 aromatic carbocycles. The van der Waals surface area contributed by atoms with Crippen LogP contribution in [0.3, 0.4) is 0 Å². The van der Waals surface area contributed by atoms with E-state index >= 15 is 0 Å². The van der Waals surface area contributed by atoms with Gasteiger partial charge in [-0.1, -0.05) is 0 Å². The summed E-state index contributed by atoms with van der Waals surface area (Å²) in [5.74, 6) is 1.50. The number of nitrogens with zero attached hydrogens (tertiary/aromatic N) is 3. The number of aromatic amines is 1. The van der Waals surface area contributed by atoms with Gasteiger partial charge in [0, 0.05) is 25.2 Å². The summed E-state index contributed by atoms with van der Waals surface area (Å²) >= 11 is 0. The Labute approximate surface area is 115 Å². The minimum absolute atomic E-state index is 0.228. The molecule has 0 saturated heterocycles. The molecular formula is C13H15N5O2. The summed E-state index contributed by atoms with van der Waals surface area (Å²) in [6.45, 7) is 2.77. The van der Waals surface area contributed by atoms with E-state index in [1.54, 1.807) is 0 Å². The van der Waals surface area contributed by atoms with E-state index < -0.39 is 0 Å². The van der Waals surface area contributed by atoms with Gasteiger partial charge in [0.15, 0.2) is 5.82 Å². The van der Waals surface area contributed by atoms with Gasteiger partial charge in [-0.25, -0.2) is 0 Å². The predicted octanol–water partition coefficient (Wildman–Crippen LogP) is 0.404. The van der Waals surface area contributed by atoms with Crippen LogP contribution in [0.15, 0.2) is 23.1 Å². The molecular weight excluding hydrogens is 258 g/mol. The minimum atomic E-state index is -0.246. The molecule has 0 radical (unpaired) electrons. The first-order valence-electron chi connectivity index (χ1n) is 6.57. The number of carbonyl (C=O) groups is 1. The number of H-pyrrole nitrogens is 1. The molecule has 3 heterocycles. The lowest BCUT2D eigenvalue weighted by atomic mass is 10.2. The predicted molar refractivity (Wildman–Crippen MR) is 71.3 cm³/mol. The topological polar surface area (TPSA) is 92.7 Å². The molecule has 3 rings (SSSR count). The first-order chi connectivity index (χ1) is 9.65. The number of hydrogen-bond donors (Lipinski definition) is 2. The van der Waals surface area contributed by atoms with Crippen molar-refractivity contribution in [3.05, 3.63) is 45.9 Å². The van der Waals surface area contributed by atoms with E-state index in [1.807, 2.05) is 6.92 Å². The van der Waals surface area contributed by atoms with Gasteiger partial charge in [0.25, 0.3) is 5.91 Å². The van der Waals surface area contributed by atoms with Crippen molar-refractivity contribution in [3.8, 4) is 0 Å². The first kappa shape index (κ1) is 12.6. The molecule has 0 saturated carbocycles. The van der Waals surface area contributed by atoms with Crippen LogP contribution in [-0.2, 0) is 13.0 Å². The van der Waals surface area contributed by atoms with Crippen molar-refractivity contribution in [1.29, 1.82) is 0 Å². The highest BCUT2D eigenvalue weighted by Crippen LogP contribution is 2.19. The Bertz CT molecular complexity index is 683. The van der Waals surface area contributed by atoms with E-state index in [4.69, 9.17) is 0 Å². The first-order valence-corrected chi connectivity index (χ1v) is 6.57. The second-order valence-corrected chi connectivity index (χ2v) is 4.87.